The molecule has 0 aliphatic rings. The molecule has 1 aromatic carbocycles. The van der Waals surface area contributed by atoms with Gasteiger partial charge in [-0.2, -0.15) is 5.10 Å². The number of anilines is 1. The summed E-state index contributed by atoms with van der Waals surface area (Å²) in [5.74, 6) is 0.552. The maximum atomic E-state index is 5.58. The van der Waals surface area contributed by atoms with Gasteiger partial charge in [0.05, 0.1) is 6.21 Å². The van der Waals surface area contributed by atoms with Crippen LogP contribution in [0.25, 0.3) is 0 Å². The Morgan fingerprint density at radius 2 is 2.06 bits per heavy atom. The van der Waals surface area contributed by atoms with Gasteiger partial charge in [-0.3, -0.25) is 5.43 Å². The molecular weight excluding hydrogens is 232 g/mol. The first-order valence-corrected chi connectivity index (χ1v) is 5.91. The molecule has 0 radical (unpaired) electrons. The quantitative estimate of drug-likeness (QED) is 0.329. The van der Waals surface area contributed by atoms with Crippen LogP contribution >= 0.6 is 12.2 Å². The summed E-state index contributed by atoms with van der Waals surface area (Å²) in [6, 6.07) is 7.45. The Morgan fingerprint density at radius 3 is 2.65 bits per heavy atom. The zero-order chi connectivity index (χ0) is 12.7. The Balaban J connectivity index is 2.34. The molecule has 0 saturated heterocycles. The van der Waals surface area contributed by atoms with Crippen LogP contribution < -0.4 is 16.5 Å². The summed E-state index contributed by atoms with van der Waals surface area (Å²) in [6.07, 6.45) is 1.70. The lowest BCUT2D eigenvalue weighted by molar-refractivity contribution is 0.621. The fraction of sp³-hybridized carbons (Fsp3) is 0.333. The standard InChI is InChI=1S/C12H18N4S/c1-9(2)7-14-12(17)16-15-8-10-3-5-11(13)6-4-10/h3-6,8-9H,7,13H2,1-2H3,(H2,14,16,17)/b15-8+. The third kappa shape index (κ3) is 5.87. The number of nitrogens with two attached hydrogens (primary N) is 1. The second-order valence-corrected chi connectivity index (χ2v) is 4.55. The molecule has 0 heterocycles. The van der Waals surface area contributed by atoms with Gasteiger partial charge in [0.2, 0.25) is 0 Å². The van der Waals surface area contributed by atoms with Crippen molar-refractivity contribution in [2.45, 2.75) is 13.8 Å². The average molecular weight is 250 g/mol. The highest BCUT2D eigenvalue weighted by Crippen LogP contribution is 2.02. The van der Waals surface area contributed by atoms with E-state index in [1.807, 2.05) is 24.3 Å². The fourth-order valence-electron chi connectivity index (χ4n) is 1.08. The monoisotopic (exact) mass is 250 g/mol. The molecule has 5 heteroatoms. The van der Waals surface area contributed by atoms with Gasteiger partial charge in [0.1, 0.15) is 0 Å². The Kier molecular flexibility index (Phi) is 5.42. The lowest BCUT2D eigenvalue weighted by atomic mass is 10.2. The molecule has 1 aromatic rings. The van der Waals surface area contributed by atoms with E-state index < -0.39 is 0 Å². The molecule has 4 nitrogen and oxygen atoms in total. The summed E-state index contributed by atoms with van der Waals surface area (Å²) in [5.41, 5.74) is 10.1. The van der Waals surface area contributed by atoms with Gasteiger partial charge in [0.15, 0.2) is 5.11 Å². The van der Waals surface area contributed by atoms with Crippen molar-refractivity contribution in [3.05, 3.63) is 29.8 Å². The Bertz CT molecular complexity index is 384. The number of nitrogen functional groups attached to an aromatic ring is 1. The lowest BCUT2D eigenvalue weighted by Crippen LogP contribution is -2.34. The van der Waals surface area contributed by atoms with Gasteiger partial charge in [0.25, 0.3) is 0 Å². The maximum absolute atomic E-state index is 5.58. The first kappa shape index (κ1) is 13.4. The van der Waals surface area contributed by atoms with E-state index in [4.69, 9.17) is 18.0 Å². The van der Waals surface area contributed by atoms with Crippen LogP contribution in [-0.2, 0) is 0 Å². The zero-order valence-corrected chi connectivity index (χ0v) is 10.9. The molecule has 4 N–H and O–H groups in total. The predicted octanol–water partition coefficient (Wildman–Crippen LogP) is 1.72. The molecule has 0 saturated carbocycles. The Hall–Kier alpha value is -1.62. The molecule has 0 aromatic heterocycles. The Morgan fingerprint density at radius 1 is 1.41 bits per heavy atom. The molecule has 0 atom stereocenters. The molecule has 17 heavy (non-hydrogen) atoms. The van der Waals surface area contributed by atoms with Gasteiger partial charge in [-0.1, -0.05) is 26.0 Å². The molecule has 0 fully saturated rings. The number of benzene rings is 1. The van der Waals surface area contributed by atoms with Crippen molar-refractivity contribution >= 4 is 29.2 Å². The molecular formula is C12H18N4S. The van der Waals surface area contributed by atoms with E-state index in [-0.39, 0.29) is 0 Å². The molecule has 92 valence electrons. The third-order valence-corrected chi connectivity index (χ3v) is 2.22. The van der Waals surface area contributed by atoms with Crippen molar-refractivity contribution in [3.8, 4) is 0 Å². The van der Waals surface area contributed by atoms with Crippen LogP contribution in [0, 0.1) is 5.92 Å². The molecule has 0 aliphatic heterocycles. The lowest BCUT2D eigenvalue weighted by Gasteiger charge is -2.08. The van der Waals surface area contributed by atoms with E-state index in [9.17, 15) is 0 Å². The van der Waals surface area contributed by atoms with E-state index in [1.54, 1.807) is 6.21 Å². The molecule has 1 rings (SSSR count). The zero-order valence-electron chi connectivity index (χ0n) is 10.1. The average Bonchev–Trinajstić information content (AvgIpc) is 2.29. The molecule has 0 amide bonds. The smallest absolute Gasteiger partial charge is 0.186 e. The number of hydrazone groups is 1. The number of thiocarbonyl (C=S) groups is 1. The Labute approximate surface area is 107 Å². The van der Waals surface area contributed by atoms with Gasteiger partial charge in [-0.25, -0.2) is 0 Å². The van der Waals surface area contributed by atoms with Gasteiger partial charge in [-0.05, 0) is 35.8 Å². The number of nitrogens with zero attached hydrogens (tertiary/aromatic N) is 1. The van der Waals surface area contributed by atoms with Crippen LogP contribution in [-0.4, -0.2) is 17.9 Å². The van der Waals surface area contributed by atoms with Crippen LogP contribution in [0.4, 0.5) is 5.69 Å². The van der Waals surface area contributed by atoms with Crippen molar-refractivity contribution < 1.29 is 0 Å². The molecule has 0 aliphatic carbocycles. The summed E-state index contributed by atoms with van der Waals surface area (Å²) in [6.45, 7) is 5.07. The highest BCUT2D eigenvalue weighted by molar-refractivity contribution is 7.80. The van der Waals surface area contributed by atoms with Gasteiger partial charge >= 0.3 is 0 Å². The highest BCUT2D eigenvalue weighted by atomic mass is 32.1. The van der Waals surface area contributed by atoms with E-state index in [0.29, 0.717) is 11.0 Å². The fourth-order valence-corrected chi connectivity index (χ4v) is 1.22. The van der Waals surface area contributed by atoms with Crippen LogP contribution in [0.5, 0.6) is 0 Å². The largest absolute Gasteiger partial charge is 0.399 e. The van der Waals surface area contributed by atoms with Crippen molar-refractivity contribution in [2.24, 2.45) is 11.0 Å². The van der Waals surface area contributed by atoms with Crippen molar-refractivity contribution in [1.29, 1.82) is 0 Å². The normalized spacial score (nSPS) is 10.8. The first-order chi connectivity index (χ1) is 8.08. The number of rotatable bonds is 4. The summed E-state index contributed by atoms with van der Waals surface area (Å²) in [5, 5.41) is 7.63. The SMILES string of the molecule is CC(C)CNC(=S)N/N=C/c1ccc(N)cc1. The van der Waals surface area contributed by atoms with Crippen molar-refractivity contribution in [2.75, 3.05) is 12.3 Å². The molecule has 0 spiro atoms. The van der Waals surface area contributed by atoms with E-state index >= 15 is 0 Å². The second-order valence-electron chi connectivity index (χ2n) is 4.14. The van der Waals surface area contributed by atoms with Crippen molar-refractivity contribution in [3.63, 3.8) is 0 Å². The predicted molar refractivity (Wildman–Crippen MR) is 77.0 cm³/mol. The van der Waals surface area contributed by atoms with Crippen LogP contribution in [0.1, 0.15) is 19.4 Å². The number of nitrogens with one attached hydrogen (secondary N) is 2. The van der Waals surface area contributed by atoms with Crippen LogP contribution in [0.15, 0.2) is 29.4 Å². The topological polar surface area (TPSA) is 62.4 Å². The second kappa shape index (κ2) is 6.85. The summed E-state index contributed by atoms with van der Waals surface area (Å²) in [7, 11) is 0. The maximum Gasteiger partial charge on any atom is 0.186 e. The van der Waals surface area contributed by atoms with E-state index in [1.165, 1.54) is 0 Å². The van der Waals surface area contributed by atoms with E-state index in [2.05, 4.69) is 29.7 Å². The summed E-state index contributed by atoms with van der Waals surface area (Å²) < 4.78 is 0. The summed E-state index contributed by atoms with van der Waals surface area (Å²) >= 11 is 5.05. The van der Waals surface area contributed by atoms with E-state index in [0.717, 1.165) is 17.8 Å². The minimum Gasteiger partial charge on any atom is -0.399 e. The minimum absolute atomic E-state index is 0.533. The third-order valence-electron chi connectivity index (χ3n) is 1.99. The van der Waals surface area contributed by atoms with Crippen LogP contribution in [0.3, 0.4) is 0 Å². The van der Waals surface area contributed by atoms with Gasteiger partial charge in [0, 0.05) is 12.2 Å². The highest BCUT2D eigenvalue weighted by Gasteiger charge is 1.95. The van der Waals surface area contributed by atoms with Crippen LogP contribution in [0.2, 0.25) is 0 Å². The number of hydrogen-bond acceptors (Lipinski definition) is 3. The van der Waals surface area contributed by atoms with Gasteiger partial charge in [-0.15, -0.1) is 0 Å². The number of hydrogen-bond donors (Lipinski definition) is 3. The summed E-state index contributed by atoms with van der Waals surface area (Å²) in [4.78, 5) is 0. The molecule has 0 unspecified atom stereocenters. The first-order valence-electron chi connectivity index (χ1n) is 5.50. The molecule has 0 bridgehead atoms. The van der Waals surface area contributed by atoms with Crippen molar-refractivity contribution in [1.82, 2.24) is 10.7 Å². The van der Waals surface area contributed by atoms with Gasteiger partial charge < -0.3 is 11.1 Å². The minimum atomic E-state index is 0.533.